The molecule has 1 heterocycles. The molecule has 0 radical (unpaired) electrons. The van der Waals surface area contributed by atoms with E-state index in [4.69, 9.17) is 0 Å². The Morgan fingerprint density at radius 1 is 1.50 bits per heavy atom. The van der Waals surface area contributed by atoms with E-state index in [1.807, 2.05) is 12.3 Å². The predicted octanol–water partition coefficient (Wildman–Crippen LogP) is 2.83. The highest BCUT2D eigenvalue weighted by molar-refractivity contribution is 7.09. The van der Waals surface area contributed by atoms with Gasteiger partial charge in [0, 0.05) is 11.9 Å². The van der Waals surface area contributed by atoms with Gasteiger partial charge in [-0.05, 0) is 26.2 Å². The third-order valence-electron chi connectivity index (χ3n) is 2.94. The fourth-order valence-corrected chi connectivity index (χ4v) is 2.72. The number of aliphatic carboxylic acids is 1. The second kappa shape index (κ2) is 6.85. The van der Waals surface area contributed by atoms with Gasteiger partial charge in [-0.25, -0.2) is 4.98 Å². The van der Waals surface area contributed by atoms with Gasteiger partial charge in [0.15, 0.2) is 0 Å². The molecule has 5 heteroatoms. The second-order valence-corrected chi connectivity index (χ2v) is 5.67. The smallest absolute Gasteiger partial charge is 0.323 e. The van der Waals surface area contributed by atoms with Gasteiger partial charge in [0.05, 0.1) is 10.7 Å². The van der Waals surface area contributed by atoms with Crippen LogP contribution in [0, 0.1) is 0 Å². The number of nitrogens with one attached hydrogen (secondary N) is 1. The second-order valence-electron chi connectivity index (χ2n) is 4.72. The van der Waals surface area contributed by atoms with Crippen molar-refractivity contribution in [2.75, 3.05) is 0 Å². The highest BCUT2D eigenvalue weighted by Crippen LogP contribution is 2.16. The van der Waals surface area contributed by atoms with Crippen molar-refractivity contribution in [1.29, 1.82) is 0 Å². The van der Waals surface area contributed by atoms with E-state index in [-0.39, 0.29) is 0 Å². The van der Waals surface area contributed by atoms with Crippen molar-refractivity contribution in [3.63, 3.8) is 0 Å². The molecule has 1 unspecified atom stereocenters. The van der Waals surface area contributed by atoms with Gasteiger partial charge in [0.2, 0.25) is 0 Å². The molecular formula is C13H22N2O2S. The van der Waals surface area contributed by atoms with Gasteiger partial charge in [0.1, 0.15) is 5.54 Å². The summed E-state index contributed by atoms with van der Waals surface area (Å²) in [4.78, 5) is 15.7. The molecule has 2 N–H and O–H groups in total. The van der Waals surface area contributed by atoms with Crippen molar-refractivity contribution >= 4 is 17.3 Å². The number of carboxylic acid groups (broad SMARTS) is 1. The summed E-state index contributed by atoms with van der Waals surface area (Å²) < 4.78 is 0. The topological polar surface area (TPSA) is 62.2 Å². The molecule has 0 aromatic carbocycles. The van der Waals surface area contributed by atoms with Crippen LogP contribution in [-0.2, 0) is 17.8 Å². The van der Waals surface area contributed by atoms with Gasteiger partial charge >= 0.3 is 5.97 Å². The Hall–Kier alpha value is -0.940. The first-order valence-electron chi connectivity index (χ1n) is 6.43. The van der Waals surface area contributed by atoms with Crippen LogP contribution in [0.2, 0.25) is 0 Å². The summed E-state index contributed by atoms with van der Waals surface area (Å²) in [5, 5.41) is 15.5. The van der Waals surface area contributed by atoms with E-state index in [0.29, 0.717) is 13.0 Å². The van der Waals surface area contributed by atoms with Crippen molar-refractivity contribution in [3.05, 3.63) is 16.1 Å². The Kier molecular flexibility index (Phi) is 5.75. The first-order valence-corrected chi connectivity index (χ1v) is 7.31. The highest BCUT2D eigenvalue weighted by atomic mass is 32.1. The number of carbonyl (C=O) groups is 1. The molecule has 102 valence electrons. The Morgan fingerprint density at radius 2 is 2.22 bits per heavy atom. The van der Waals surface area contributed by atoms with Gasteiger partial charge in [0.25, 0.3) is 0 Å². The molecule has 0 aliphatic heterocycles. The van der Waals surface area contributed by atoms with Crippen molar-refractivity contribution in [2.45, 2.75) is 58.5 Å². The van der Waals surface area contributed by atoms with Gasteiger partial charge in [-0.15, -0.1) is 11.3 Å². The van der Waals surface area contributed by atoms with Crippen LogP contribution in [0.5, 0.6) is 0 Å². The lowest BCUT2D eigenvalue weighted by atomic mass is 9.96. The molecule has 18 heavy (non-hydrogen) atoms. The maximum atomic E-state index is 11.3. The lowest BCUT2D eigenvalue weighted by Crippen LogP contribution is -2.48. The Labute approximate surface area is 112 Å². The Balaban J connectivity index is 2.58. The van der Waals surface area contributed by atoms with Gasteiger partial charge in [-0.3, -0.25) is 10.1 Å². The maximum Gasteiger partial charge on any atom is 0.323 e. The summed E-state index contributed by atoms with van der Waals surface area (Å²) in [7, 11) is 0. The normalized spacial score (nSPS) is 14.4. The van der Waals surface area contributed by atoms with E-state index >= 15 is 0 Å². The molecule has 0 fully saturated rings. The molecule has 0 aliphatic carbocycles. The average Bonchev–Trinajstić information content (AvgIpc) is 2.75. The third kappa shape index (κ3) is 4.07. The third-order valence-corrected chi connectivity index (χ3v) is 3.90. The molecular weight excluding hydrogens is 248 g/mol. The summed E-state index contributed by atoms with van der Waals surface area (Å²) in [6, 6.07) is 0. The summed E-state index contributed by atoms with van der Waals surface area (Å²) >= 11 is 1.65. The number of hydrogen-bond acceptors (Lipinski definition) is 4. The highest BCUT2D eigenvalue weighted by Gasteiger charge is 2.31. The number of hydrogen-bond donors (Lipinski definition) is 2. The van der Waals surface area contributed by atoms with Crippen molar-refractivity contribution in [2.24, 2.45) is 0 Å². The zero-order valence-corrected chi connectivity index (χ0v) is 12.1. The number of carboxylic acids is 1. The Morgan fingerprint density at radius 3 is 2.78 bits per heavy atom. The van der Waals surface area contributed by atoms with E-state index in [1.165, 1.54) is 0 Å². The van der Waals surface area contributed by atoms with Crippen LogP contribution in [0.15, 0.2) is 5.38 Å². The van der Waals surface area contributed by atoms with E-state index in [2.05, 4.69) is 17.2 Å². The first-order chi connectivity index (χ1) is 8.51. The SMILES string of the molecule is CCCc1nc(CNC(C)(CCC)C(=O)O)cs1. The zero-order valence-electron chi connectivity index (χ0n) is 11.3. The van der Waals surface area contributed by atoms with Gasteiger partial charge < -0.3 is 5.11 Å². The summed E-state index contributed by atoms with van der Waals surface area (Å²) in [5.41, 5.74) is 0.0792. The molecule has 4 nitrogen and oxygen atoms in total. The van der Waals surface area contributed by atoms with Crippen LogP contribution in [-0.4, -0.2) is 21.6 Å². The van der Waals surface area contributed by atoms with Crippen LogP contribution in [0.3, 0.4) is 0 Å². The summed E-state index contributed by atoms with van der Waals surface area (Å²) in [5.74, 6) is -0.798. The number of nitrogens with zero attached hydrogens (tertiary/aromatic N) is 1. The van der Waals surface area contributed by atoms with Crippen LogP contribution < -0.4 is 5.32 Å². The van der Waals surface area contributed by atoms with Crippen molar-refractivity contribution in [3.8, 4) is 0 Å². The van der Waals surface area contributed by atoms with Crippen LogP contribution in [0.4, 0.5) is 0 Å². The van der Waals surface area contributed by atoms with Crippen molar-refractivity contribution < 1.29 is 9.90 Å². The number of thiazole rings is 1. The molecule has 0 spiro atoms. The first kappa shape index (κ1) is 15.1. The molecule has 1 atom stereocenters. The molecule has 0 amide bonds. The number of aryl methyl sites for hydroxylation is 1. The Bertz CT molecular complexity index is 392. The molecule has 0 saturated heterocycles. The summed E-state index contributed by atoms with van der Waals surface area (Å²) in [6.45, 7) is 6.37. The maximum absolute atomic E-state index is 11.3. The lowest BCUT2D eigenvalue weighted by Gasteiger charge is -2.25. The molecule has 0 saturated carbocycles. The molecule has 1 aromatic rings. The minimum atomic E-state index is -0.858. The molecule has 0 bridgehead atoms. The standard InChI is InChI=1S/C13H22N2O2S/c1-4-6-11-15-10(9-18-11)8-14-13(3,7-5-2)12(16)17/h9,14H,4-8H2,1-3H3,(H,16,17). The van der Waals surface area contributed by atoms with E-state index in [1.54, 1.807) is 18.3 Å². The quantitative estimate of drug-likeness (QED) is 0.762. The monoisotopic (exact) mass is 270 g/mol. The van der Waals surface area contributed by atoms with E-state index in [9.17, 15) is 9.90 Å². The van der Waals surface area contributed by atoms with Crippen LogP contribution in [0.1, 0.15) is 50.7 Å². The molecule has 0 aliphatic rings. The van der Waals surface area contributed by atoms with Crippen LogP contribution in [0.25, 0.3) is 0 Å². The van der Waals surface area contributed by atoms with Crippen molar-refractivity contribution in [1.82, 2.24) is 10.3 Å². The van der Waals surface area contributed by atoms with Gasteiger partial charge in [-0.2, -0.15) is 0 Å². The predicted molar refractivity (Wildman–Crippen MR) is 73.9 cm³/mol. The lowest BCUT2D eigenvalue weighted by molar-refractivity contribution is -0.144. The number of aromatic nitrogens is 1. The van der Waals surface area contributed by atoms with Gasteiger partial charge in [-0.1, -0.05) is 20.3 Å². The minimum Gasteiger partial charge on any atom is -0.480 e. The summed E-state index contributed by atoms with van der Waals surface area (Å²) in [6.07, 6.45) is 3.54. The average molecular weight is 270 g/mol. The van der Waals surface area contributed by atoms with E-state index in [0.717, 1.165) is 30.0 Å². The van der Waals surface area contributed by atoms with E-state index < -0.39 is 11.5 Å². The number of rotatable bonds is 8. The minimum absolute atomic E-state index is 0.517. The molecule has 1 rings (SSSR count). The fraction of sp³-hybridized carbons (Fsp3) is 0.692. The largest absolute Gasteiger partial charge is 0.480 e. The zero-order chi connectivity index (χ0) is 13.6. The fourth-order valence-electron chi connectivity index (χ4n) is 1.82. The molecule has 1 aromatic heterocycles. The van der Waals surface area contributed by atoms with Crippen LogP contribution >= 0.6 is 11.3 Å².